The second-order valence-electron chi connectivity index (χ2n) is 4.97. The predicted molar refractivity (Wildman–Crippen MR) is 81.7 cm³/mol. The molecule has 2 N–H and O–H groups in total. The average Bonchev–Trinajstić information content (AvgIpc) is 2.87. The number of aromatic nitrogens is 2. The van der Waals surface area contributed by atoms with Crippen LogP contribution in [-0.4, -0.2) is 53.8 Å². The van der Waals surface area contributed by atoms with Crippen LogP contribution in [0.15, 0.2) is 12.4 Å². The predicted octanol–water partition coefficient (Wildman–Crippen LogP) is 1.02. The van der Waals surface area contributed by atoms with Gasteiger partial charge in [0.2, 0.25) is 5.91 Å². The fourth-order valence-corrected chi connectivity index (χ4v) is 2.00. The van der Waals surface area contributed by atoms with E-state index in [9.17, 15) is 4.79 Å². The number of likely N-dealkylation sites (N-methyl/N-ethyl adjacent to an activating group) is 1. The molecule has 1 rings (SSSR count). The molecule has 114 valence electrons. The summed E-state index contributed by atoms with van der Waals surface area (Å²) in [5, 5.41) is 10.2. The molecule has 0 bridgehead atoms. The Kier molecular flexibility index (Phi) is 7.25. The summed E-state index contributed by atoms with van der Waals surface area (Å²) in [6, 6.07) is 0. The van der Waals surface area contributed by atoms with E-state index in [0.717, 1.165) is 31.9 Å². The lowest BCUT2D eigenvalue weighted by Crippen LogP contribution is -2.28. The summed E-state index contributed by atoms with van der Waals surface area (Å²) in [5.41, 5.74) is 0.762. The molecule has 6 heteroatoms. The second kappa shape index (κ2) is 8.71. The third-order valence-electron chi connectivity index (χ3n) is 3.40. The molecule has 1 heterocycles. The minimum Gasteiger partial charge on any atom is -0.323 e. The summed E-state index contributed by atoms with van der Waals surface area (Å²) in [7, 11) is 1.84. The number of nitrogens with zero attached hydrogens (tertiary/aromatic N) is 3. The summed E-state index contributed by atoms with van der Waals surface area (Å²) in [5.74, 6) is -0.0401. The molecule has 0 aliphatic rings. The second-order valence-corrected chi connectivity index (χ2v) is 4.97. The first-order valence-corrected chi connectivity index (χ1v) is 7.30. The van der Waals surface area contributed by atoms with Gasteiger partial charge in [0.15, 0.2) is 0 Å². The van der Waals surface area contributed by atoms with Gasteiger partial charge in [-0.05, 0) is 20.1 Å². The van der Waals surface area contributed by atoms with E-state index in [-0.39, 0.29) is 11.8 Å². The minimum atomic E-state index is -0.0565. The van der Waals surface area contributed by atoms with Crippen LogP contribution < -0.4 is 10.6 Å². The maximum atomic E-state index is 11.9. The molecule has 1 unspecified atom stereocenters. The van der Waals surface area contributed by atoms with Gasteiger partial charge in [-0.2, -0.15) is 5.10 Å². The smallest absolute Gasteiger partial charge is 0.228 e. The van der Waals surface area contributed by atoms with Crippen molar-refractivity contribution in [3.63, 3.8) is 0 Å². The molecule has 1 atom stereocenters. The van der Waals surface area contributed by atoms with Crippen LogP contribution in [0.3, 0.4) is 0 Å². The van der Waals surface area contributed by atoms with Crippen LogP contribution in [0.1, 0.15) is 20.8 Å². The van der Waals surface area contributed by atoms with Gasteiger partial charge in [0.25, 0.3) is 0 Å². The zero-order valence-corrected chi connectivity index (χ0v) is 13.0. The lowest BCUT2D eigenvalue weighted by molar-refractivity contribution is -0.119. The highest BCUT2D eigenvalue weighted by molar-refractivity contribution is 5.92. The van der Waals surface area contributed by atoms with E-state index in [4.69, 9.17) is 0 Å². The lowest BCUT2D eigenvalue weighted by atomic mass is 10.1. The van der Waals surface area contributed by atoms with E-state index < -0.39 is 0 Å². The molecule has 0 aliphatic heterocycles. The van der Waals surface area contributed by atoms with Crippen molar-refractivity contribution < 1.29 is 4.79 Å². The summed E-state index contributed by atoms with van der Waals surface area (Å²) in [6.45, 7) is 10.8. The van der Waals surface area contributed by atoms with Gasteiger partial charge in [0.05, 0.1) is 18.4 Å². The zero-order chi connectivity index (χ0) is 15.0. The van der Waals surface area contributed by atoms with Crippen LogP contribution in [0.25, 0.3) is 0 Å². The topological polar surface area (TPSA) is 62.2 Å². The van der Waals surface area contributed by atoms with E-state index in [1.54, 1.807) is 6.20 Å². The Morgan fingerprint density at radius 2 is 2.15 bits per heavy atom. The number of anilines is 1. The van der Waals surface area contributed by atoms with Crippen LogP contribution in [0.4, 0.5) is 5.69 Å². The monoisotopic (exact) mass is 281 g/mol. The normalized spacial score (nSPS) is 12.7. The highest BCUT2D eigenvalue weighted by Crippen LogP contribution is 2.07. The molecular weight excluding hydrogens is 254 g/mol. The van der Waals surface area contributed by atoms with Gasteiger partial charge in [0.1, 0.15) is 0 Å². The van der Waals surface area contributed by atoms with Gasteiger partial charge in [-0.15, -0.1) is 0 Å². The molecule has 0 saturated carbocycles. The molecule has 0 spiro atoms. The maximum Gasteiger partial charge on any atom is 0.228 e. The molecule has 0 fully saturated rings. The first kappa shape index (κ1) is 16.7. The van der Waals surface area contributed by atoms with E-state index in [1.807, 2.05) is 24.9 Å². The van der Waals surface area contributed by atoms with Crippen molar-refractivity contribution in [2.45, 2.75) is 27.3 Å². The zero-order valence-electron chi connectivity index (χ0n) is 13.0. The average molecular weight is 281 g/mol. The van der Waals surface area contributed by atoms with E-state index in [0.29, 0.717) is 6.54 Å². The fourth-order valence-electron chi connectivity index (χ4n) is 2.00. The first-order valence-electron chi connectivity index (χ1n) is 7.30. The largest absolute Gasteiger partial charge is 0.323 e. The SMILES string of the molecule is CCN(CC)CCn1cc(NC(=O)C(C)CNC)cn1. The van der Waals surface area contributed by atoms with Crippen molar-refractivity contribution >= 4 is 11.6 Å². The van der Waals surface area contributed by atoms with E-state index >= 15 is 0 Å². The van der Waals surface area contributed by atoms with Crippen LogP contribution in [-0.2, 0) is 11.3 Å². The molecule has 0 saturated heterocycles. The van der Waals surface area contributed by atoms with Gasteiger partial charge in [-0.25, -0.2) is 0 Å². The number of carbonyl (C=O) groups excluding carboxylic acids is 1. The van der Waals surface area contributed by atoms with Gasteiger partial charge >= 0.3 is 0 Å². The lowest BCUT2D eigenvalue weighted by Gasteiger charge is -2.17. The van der Waals surface area contributed by atoms with E-state index in [2.05, 4.69) is 34.5 Å². The van der Waals surface area contributed by atoms with E-state index in [1.165, 1.54) is 0 Å². The molecule has 0 aromatic carbocycles. The van der Waals surface area contributed by atoms with Crippen LogP contribution in [0.2, 0.25) is 0 Å². The molecular formula is C14H27N5O. The first-order chi connectivity index (χ1) is 9.60. The van der Waals surface area contributed by atoms with Crippen LogP contribution in [0.5, 0.6) is 0 Å². The Morgan fingerprint density at radius 3 is 2.75 bits per heavy atom. The number of hydrogen-bond acceptors (Lipinski definition) is 4. The molecule has 0 radical (unpaired) electrons. The summed E-state index contributed by atoms with van der Waals surface area (Å²) >= 11 is 0. The standard InChI is InChI=1S/C14H27N5O/c1-5-18(6-2)7-8-19-11-13(10-16-19)17-14(20)12(3)9-15-4/h10-12,15H,5-9H2,1-4H3,(H,17,20). The maximum absolute atomic E-state index is 11.9. The van der Waals surface area contributed by atoms with Crippen molar-refractivity contribution in [2.24, 2.45) is 5.92 Å². The van der Waals surface area contributed by atoms with Gasteiger partial charge in [-0.3, -0.25) is 9.48 Å². The Labute approximate surface area is 121 Å². The molecule has 1 aromatic rings. The van der Waals surface area contributed by atoms with Gasteiger partial charge < -0.3 is 15.5 Å². The Hall–Kier alpha value is -1.40. The number of nitrogens with one attached hydrogen (secondary N) is 2. The van der Waals surface area contributed by atoms with Crippen molar-refractivity contribution in [3.05, 3.63) is 12.4 Å². The summed E-state index contributed by atoms with van der Waals surface area (Å²) in [4.78, 5) is 14.2. The highest BCUT2D eigenvalue weighted by Gasteiger charge is 2.12. The number of hydrogen-bond donors (Lipinski definition) is 2. The summed E-state index contributed by atoms with van der Waals surface area (Å²) < 4.78 is 1.87. The van der Waals surface area contributed by atoms with Crippen LogP contribution in [0, 0.1) is 5.92 Å². The van der Waals surface area contributed by atoms with Crippen LogP contribution >= 0.6 is 0 Å². The minimum absolute atomic E-state index is 0.0163. The van der Waals surface area contributed by atoms with Crippen molar-refractivity contribution in [3.8, 4) is 0 Å². The number of amides is 1. The number of carbonyl (C=O) groups is 1. The van der Waals surface area contributed by atoms with Gasteiger partial charge in [0, 0.05) is 25.2 Å². The molecule has 20 heavy (non-hydrogen) atoms. The third kappa shape index (κ3) is 5.30. The molecule has 6 nitrogen and oxygen atoms in total. The van der Waals surface area contributed by atoms with Crippen molar-refractivity contribution in [1.82, 2.24) is 20.0 Å². The summed E-state index contributed by atoms with van der Waals surface area (Å²) in [6.07, 6.45) is 3.58. The fraction of sp³-hybridized carbons (Fsp3) is 0.714. The Bertz CT molecular complexity index is 400. The van der Waals surface area contributed by atoms with Crippen molar-refractivity contribution in [2.75, 3.05) is 38.5 Å². The quantitative estimate of drug-likeness (QED) is 0.709. The van der Waals surface area contributed by atoms with Crippen molar-refractivity contribution in [1.29, 1.82) is 0 Å². The highest BCUT2D eigenvalue weighted by atomic mass is 16.1. The Morgan fingerprint density at radius 1 is 1.45 bits per heavy atom. The number of rotatable bonds is 9. The van der Waals surface area contributed by atoms with Gasteiger partial charge in [-0.1, -0.05) is 20.8 Å². The Balaban J connectivity index is 2.45. The molecule has 0 aliphatic carbocycles. The molecule has 1 aromatic heterocycles. The molecule has 1 amide bonds. The third-order valence-corrected chi connectivity index (χ3v) is 3.40.